The first-order valence-electron chi connectivity index (χ1n) is 11.4. The molecule has 2 unspecified atom stereocenters. The Kier molecular flexibility index (Phi) is 4.62. The Morgan fingerprint density at radius 1 is 1.19 bits per heavy atom. The Hall–Kier alpha value is -2.72. The van der Waals surface area contributed by atoms with Gasteiger partial charge in [-0.3, -0.25) is 5.10 Å². The predicted octanol–water partition coefficient (Wildman–Crippen LogP) is 6.48. The van der Waals surface area contributed by atoms with Crippen LogP contribution in [0, 0.1) is 30.1 Å². The van der Waals surface area contributed by atoms with Crippen LogP contribution in [0.2, 0.25) is 5.02 Å². The zero-order valence-corrected chi connectivity index (χ0v) is 18.6. The Balaban J connectivity index is 1.51. The molecular weight excluding hydrogens is 427 g/mol. The number of anilines is 1. The molecule has 8 heteroatoms. The van der Waals surface area contributed by atoms with E-state index in [-0.39, 0.29) is 29.3 Å². The minimum atomic E-state index is -0.365. The lowest BCUT2D eigenvalue weighted by Crippen LogP contribution is -2.47. The summed E-state index contributed by atoms with van der Waals surface area (Å²) in [4.78, 5) is 12.7. The molecule has 0 aliphatic heterocycles. The summed E-state index contributed by atoms with van der Waals surface area (Å²) >= 11 is 6.18. The molecule has 0 saturated heterocycles. The van der Waals surface area contributed by atoms with Gasteiger partial charge in [0.25, 0.3) is 0 Å². The van der Waals surface area contributed by atoms with Gasteiger partial charge in [0, 0.05) is 23.2 Å². The average molecular weight is 451 g/mol. The van der Waals surface area contributed by atoms with E-state index in [9.17, 15) is 0 Å². The summed E-state index contributed by atoms with van der Waals surface area (Å²) in [6.07, 6.45) is 8.22. The van der Waals surface area contributed by atoms with Crippen molar-refractivity contribution in [3.63, 3.8) is 0 Å². The van der Waals surface area contributed by atoms with Crippen molar-refractivity contribution in [3.05, 3.63) is 40.1 Å². The van der Waals surface area contributed by atoms with Gasteiger partial charge in [0.2, 0.25) is 5.69 Å². The highest BCUT2D eigenvalue weighted by Crippen LogP contribution is 2.51. The lowest BCUT2D eigenvalue weighted by Gasteiger charge is -2.47. The molecule has 4 aliphatic carbocycles. The summed E-state index contributed by atoms with van der Waals surface area (Å²) in [7, 11) is 0. The van der Waals surface area contributed by atoms with Crippen LogP contribution in [-0.4, -0.2) is 26.2 Å². The monoisotopic (exact) mass is 450 g/mol. The summed E-state index contributed by atoms with van der Waals surface area (Å²) in [6, 6.07) is 1.96. The summed E-state index contributed by atoms with van der Waals surface area (Å²) in [5.74, 6) is 1.67. The number of aromatic amines is 1. The summed E-state index contributed by atoms with van der Waals surface area (Å²) in [5.41, 5.74) is 2.22. The van der Waals surface area contributed by atoms with Crippen molar-refractivity contribution in [2.45, 2.75) is 57.4 Å². The summed E-state index contributed by atoms with van der Waals surface area (Å²) in [5, 5.41) is 11.9. The highest BCUT2D eigenvalue weighted by molar-refractivity contribution is 6.31. The minimum absolute atomic E-state index is 0.0672. The summed E-state index contributed by atoms with van der Waals surface area (Å²) < 4.78 is 15.8. The zero-order valence-electron chi connectivity index (χ0n) is 17.8. The van der Waals surface area contributed by atoms with Gasteiger partial charge < -0.3 is 5.32 Å². The van der Waals surface area contributed by atoms with Crippen LogP contribution in [0.1, 0.15) is 56.9 Å². The third-order valence-corrected chi connectivity index (χ3v) is 8.00. The van der Waals surface area contributed by atoms with Crippen LogP contribution in [0.5, 0.6) is 0 Å². The van der Waals surface area contributed by atoms with Gasteiger partial charge in [-0.25, -0.2) is 19.2 Å². The molecule has 2 N–H and O–H groups in total. The van der Waals surface area contributed by atoms with E-state index in [1.165, 1.54) is 31.9 Å². The second kappa shape index (κ2) is 7.41. The number of fused-ring (bicyclic) bond motifs is 4. The number of hydrogen-bond acceptors (Lipinski definition) is 4. The fraction of sp³-hybridized carbons (Fsp3) is 0.500. The molecule has 6 nitrogen and oxygen atoms in total. The number of rotatable bonds is 4. The van der Waals surface area contributed by atoms with Crippen LogP contribution in [0.3, 0.4) is 0 Å². The molecule has 4 aliphatic rings. The van der Waals surface area contributed by atoms with E-state index in [1.54, 1.807) is 6.07 Å². The van der Waals surface area contributed by atoms with E-state index in [4.69, 9.17) is 23.2 Å². The largest absolute Gasteiger partial charge is 0.364 e. The van der Waals surface area contributed by atoms with Crippen LogP contribution >= 0.6 is 11.6 Å². The second-order valence-corrected chi connectivity index (χ2v) is 10.0. The van der Waals surface area contributed by atoms with Crippen molar-refractivity contribution in [2.24, 2.45) is 17.8 Å². The standard InChI is InChI=1S/C24H24ClFN6/c1-11-12-3-7-14(8-4-12)19(11)29-24-18(26)17(13-5-6-13)21(27-2)22(30-24)20-16-9-15(25)10-28-23(16)32-31-20/h9-14,19H,3-8H2,1H3,(H,29,30)(H,28,31,32). The van der Waals surface area contributed by atoms with Gasteiger partial charge in [0.05, 0.1) is 23.0 Å². The topological polar surface area (TPSA) is 70.8 Å². The van der Waals surface area contributed by atoms with Crippen molar-refractivity contribution >= 4 is 34.1 Å². The van der Waals surface area contributed by atoms with Crippen molar-refractivity contribution in [1.29, 1.82) is 0 Å². The number of nitrogens with zero attached hydrogens (tertiary/aromatic N) is 4. The van der Waals surface area contributed by atoms with Crippen molar-refractivity contribution in [1.82, 2.24) is 20.2 Å². The molecule has 7 rings (SSSR count). The Morgan fingerprint density at radius 2 is 1.94 bits per heavy atom. The van der Waals surface area contributed by atoms with E-state index in [0.717, 1.165) is 12.8 Å². The van der Waals surface area contributed by atoms with E-state index < -0.39 is 0 Å². The molecule has 3 aromatic rings. The number of pyridine rings is 2. The Morgan fingerprint density at radius 3 is 2.62 bits per heavy atom. The molecule has 2 bridgehead atoms. The first kappa shape index (κ1) is 19.9. The van der Waals surface area contributed by atoms with E-state index >= 15 is 4.39 Å². The van der Waals surface area contributed by atoms with Gasteiger partial charge in [0.15, 0.2) is 17.3 Å². The van der Waals surface area contributed by atoms with Gasteiger partial charge in [-0.15, -0.1) is 0 Å². The summed E-state index contributed by atoms with van der Waals surface area (Å²) in [6.45, 7) is 10.1. The lowest BCUT2D eigenvalue weighted by molar-refractivity contribution is 0.0926. The number of H-pyrrole nitrogens is 1. The minimum Gasteiger partial charge on any atom is -0.364 e. The van der Waals surface area contributed by atoms with Crippen molar-refractivity contribution < 1.29 is 4.39 Å². The van der Waals surface area contributed by atoms with Crippen LogP contribution in [0.15, 0.2) is 12.3 Å². The number of nitrogens with one attached hydrogen (secondary N) is 2. The number of aromatic nitrogens is 4. The normalized spacial score (nSPS) is 26.9. The Bertz CT molecular complexity index is 1250. The SMILES string of the molecule is [C-]#[N+]c1c(-c2[nH]nc3ncc(Cl)cc23)nc(NC2C3CCC(CC3)C2C)c(F)c1C1CC1. The molecule has 0 radical (unpaired) electrons. The quantitative estimate of drug-likeness (QED) is 0.446. The first-order valence-corrected chi connectivity index (χ1v) is 11.8. The van der Waals surface area contributed by atoms with Gasteiger partial charge in [-0.05, 0) is 68.3 Å². The van der Waals surface area contributed by atoms with E-state index in [2.05, 4.69) is 32.3 Å². The van der Waals surface area contributed by atoms with Gasteiger partial charge in [-0.2, -0.15) is 5.10 Å². The average Bonchev–Trinajstić information content (AvgIpc) is 3.56. The van der Waals surface area contributed by atoms with Gasteiger partial charge in [-0.1, -0.05) is 18.5 Å². The van der Waals surface area contributed by atoms with Gasteiger partial charge >= 0.3 is 0 Å². The molecule has 164 valence electrons. The molecule has 32 heavy (non-hydrogen) atoms. The molecule has 4 saturated carbocycles. The fourth-order valence-corrected chi connectivity index (χ4v) is 6.07. The molecular formula is C24H24ClFN6. The maximum Gasteiger partial charge on any atom is 0.220 e. The van der Waals surface area contributed by atoms with E-state index in [1.807, 2.05) is 0 Å². The van der Waals surface area contributed by atoms with Crippen LogP contribution < -0.4 is 5.32 Å². The first-order chi connectivity index (χ1) is 15.5. The van der Waals surface area contributed by atoms with E-state index in [0.29, 0.717) is 50.8 Å². The van der Waals surface area contributed by atoms with Gasteiger partial charge in [0.1, 0.15) is 0 Å². The molecule has 4 fully saturated rings. The molecule has 0 amide bonds. The maximum atomic E-state index is 15.8. The smallest absolute Gasteiger partial charge is 0.220 e. The predicted molar refractivity (Wildman–Crippen MR) is 122 cm³/mol. The number of halogens is 2. The third kappa shape index (κ3) is 3.07. The Labute approximate surface area is 190 Å². The van der Waals surface area contributed by atoms with Crippen LogP contribution in [0.4, 0.5) is 15.9 Å². The lowest BCUT2D eigenvalue weighted by atomic mass is 9.62. The van der Waals surface area contributed by atoms with Crippen molar-refractivity contribution in [3.8, 4) is 11.4 Å². The molecule has 0 aromatic carbocycles. The maximum absolute atomic E-state index is 15.8. The second-order valence-electron chi connectivity index (χ2n) is 9.60. The zero-order chi connectivity index (χ0) is 22.0. The molecule has 2 atom stereocenters. The molecule has 3 aromatic heterocycles. The van der Waals surface area contributed by atoms with Crippen LogP contribution in [-0.2, 0) is 0 Å². The molecule has 0 spiro atoms. The highest BCUT2D eigenvalue weighted by Gasteiger charge is 2.42. The fourth-order valence-electron chi connectivity index (χ4n) is 5.91. The van der Waals surface area contributed by atoms with Crippen LogP contribution in [0.25, 0.3) is 27.3 Å². The van der Waals surface area contributed by atoms with Crippen molar-refractivity contribution in [2.75, 3.05) is 5.32 Å². The molecule has 3 heterocycles. The number of hydrogen-bond donors (Lipinski definition) is 2. The third-order valence-electron chi connectivity index (χ3n) is 7.80. The highest BCUT2D eigenvalue weighted by atomic mass is 35.5.